The van der Waals surface area contributed by atoms with Crippen LogP contribution in [0.3, 0.4) is 0 Å². The number of aromatic nitrogens is 1. The lowest BCUT2D eigenvalue weighted by molar-refractivity contribution is 0.586. The molecule has 9 heteroatoms. The predicted molar refractivity (Wildman–Crippen MR) is 137 cm³/mol. The Labute approximate surface area is 201 Å². The third kappa shape index (κ3) is 7.81. The highest BCUT2D eigenvalue weighted by molar-refractivity contribution is 14.0. The van der Waals surface area contributed by atoms with E-state index >= 15 is 0 Å². The van der Waals surface area contributed by atoms with Crippen LogP contribution in [0.1, 0.15) is 48.8 Å². The Kier molecular flexibility index (Phi) is 10.2. The van der Waals surface area contributed by atoms with Gasteiger partial charge in [-0.1, -0.05) is 32.9 Å². The Hall–Kier alpha value is -1.20. The Morgan fingerprint density at radius 1 is 1.13 bits per heavy atom. The third-order valence-electron chi connectivity index (χ3n) is 4.53. The molecule has 1 aromatic heterocycles. The summed E-state index contributed by atoms with van der Waals surface area (Å²) in [5.74, 6) is 0.596. The van der Waals surface area contributed by atoms with Crippen LogP contribution >= 0.6 is 35.3 Å². The molecule has 2 N–H and O–H groups in total. The molecule has 0 spiro atoms. The van der Waals surface area contributed by atoms with E-state index < -0.39 is 9.84 Å². The summed E-state index contributed by atoms with van der Waals surface area (Å²) in [5.41, 5.74) is 2.14. The lowest BCUT2D eigenvalue weighted by atomic mass is 9.87. The van der Waals surface area contributed by atoms with Gasteiger partial charge in [0.05, 0.1) is 22.9 Å². The second-order valence-corrected chi connectivity index (χ2v) is 11.4. The molecule has 0 saturated heterocycles. The number of aryl methyl sites for hydroxylation is 2. The highest BCUT2D eigenvalue weighted by Crippen LogP contribution is 2.23. The number of halogens is 1. The van der Waals surface area contributed by atoms with Crippen molar-refractivity contribution in [2.75, 3.05) is 18.8 Å². The first-order valence-corrected chi connectivity index (χ1v) is 12.3. The number of aliphatic imine (C=N–C) groups is 1. The molecule has 0 aliphatic rings. The molecule has 2 aromatic rings. The van der Waals surface area contributed by atoms with Crippen LogP contribution in [0.2, 0.25) is 0 Å². The number of guanidine groups is 1. The van der Waals surface area contributed by atoms with Gasteiger partial charge in [0.1, 0.15) is 5.01 Å². The largest absolute Gasteiger partial charge is 0.357 e. The molecule has 0 saturated carbocycles. The Morgan fingerprint density at radius 2 is 1.77 bits per heavy atom. The van der Waals surface area contributed by atoms with Gasteiger partial charge in [-0.15, -0.1) is 35.3 Å². The summed E-state index contributed by atoms with van der Waals surface area (Å²) < 4.78 is 25.3. The fraction of sp³-hybridized carbons (Fsp3) is 0.524. The van der Waals surface area contributed by atoms with Crippen LogP contribution in [0.15, 0.2) is 34.2 Å². The van der Waals surface area contributed by atoms with Gasteiger partial charge in [-0.25, -0.2) is 18.4 Å². The number of thiazole rings is 1. The van der Waals surface area contributed by atoms with Crippen molar-refractivity contribution in [1.82, 2.24) is 15.6 Å². The molecular formula is C21H33IN4O2S2. The molecule has 0 radical (unpaired) electrons. The van der Waals surface area contributed by atoms with Gasteiger partial charge in [-0.3, -0.25) is 0 Å². The van der Waals surface area contributed by atoms with Crippen molar-refractivity contribution in [3.8, 4) is 0 Å². The van der Waals surface area contributed by atoms with E-state index in [2.05, 4.69) is 41.4 Å². The molecular weight excluding hydrogens is 531 g/mol. The summed E-state index contributed by atoms with van der Waals surface area (Å²) in [5, 5.41) is 7.20. The number of hydrogen-bond donors (Lipinski definition) is 2. The minimum Gasteiger partial charge on any atom is -0.357 e. The van der Waals surface area contributed by atoms with E-state index in [9.17, 15) is 8.42 Å². The predicted octanol–water partition coefficient (Wildman–Crippen LogP) is 4.20. The van der Waals surface area contributed by atoms with Crippen LogP contribution in [-0.2, 0) is 21.8 Å². The van der Waals surface area contributed by atoms with Crippen molar-refractivity contribution in [2.24, 2.45) is 4.99 Å². The van der Waals surface area contributed by atoms with Crippen molar-refractivity contribution < 1.29 is 8.42 Å². The zero-order chi connectivity index (χ0) is 21.7. The Morgan fingerprint density at radius 3 is 2.27 bits per heavy atom. The topological polar surface area (TPSA) is 83.4 Å². The zero-order valence-electron chi connectivity index (χ0n) is 18.6. The molecule has 0 atom stereocenters. The molecule has 1 heterocycles. The van der Waals surface area contributed by atoms with E-state index in [1.807, 2.05) is 32.9 Å². The second-order valence-electron chi connectivity index (χ2n) is 7.96. The lowest BCUT2D eigenvalue weighted by Crippen LogP contribution is -2.39. The summed E-state index contributed by atoms with van der Waals surface area (Å²) in [6, 6.07) is 7.18. The number of nitrogens with zero attached hydrogens (tertiary/aromatic N) is 2. The van der Waals surface area contributed by atoms with Crippen LogP contribution in [0.25, 0.3) is 0 Å². The third-order valence-corrected chi connectivity index (χ3v) is 7.32. The lowest BCUT2D eigenvalue weighted by Gasteiger charge is -2.19. The summed E-state index contributed by atoms with van der Waals surface area (Å²) in [6.45, 7) is 13.8. The molecule has 0 aliphatic heterocycles. The number of rotatable bonds is 7. The summed E-state index contributed by atoms with van der Waals surface area (Å²) >= 11 is 1.63. The van der Waals surface area contributed by atoms with E-state index in [-0.39, 0.29) is 41.7 Å². The van der Waals surface area contributed by atoms with Gasteiger partial charge in [0.2, 0.25) is 0 Å². The van der Waals surface area contributed by atoms with Crippen molar-refractivity contribution in [2.45, 2.75) is 58.4 Å². The maximum Gasteiger partial charge on any atom is 0.191 e. The molecule has 30 heavy (non-hydrogen) atoms. The van der Waals surface area contributed by atoms with Gasteiger partial charge in [-0.05, 0) is 43.9 Å². The average Bonchev–Trinajstić information content (AvgIpc) is 2.97. The molecule has 1 aromatic carbocycles. The zero-order valence-corrected chi connectivity index (χ0v) is 22.5. The first-order chi connectivity index (χ1) is 13.5. The van der Waals surface area contributed by atoms with Crippen molar-refractivity contribution in [3.05, 3.63) is 45.4 Å². The highest BCUT2D eigenvalue weighted by atomic mass is 127. The SMILES string of the molecule is CCNC(=NCc1nc(C)c(C)s1)NCCS(=O)(=O)c1ccc(C(C)(C)C)cc1.I. The fourth-order valence-electron chi connectivity index (χ4n) is 2.68. The van der Waals surface area contributed by atoms with E-state index in [0.717, 1.165) is 16.3 Å². The first-order valence-electron chi connectivity index (χ1n) is 9.81. The Bertz CT molecular complexity index is 927. The minimum absolute atomic E-state index is 0. The Balaban J connectivity index is 0.00000450. The maximum absolute atomic E-state index is 12.6. The molecule has 0 fully saturated rings. The van der Waals surface area contributed by atoms with Gasteiger partial charge in [0.25, 0.3) is 0 Å². The summed E-state index contributed by atoms with van der Waals surface area (Å²) in [7, 11) is -3.36. The van der Waals surface area contributed by atoms with Gasteiger partial charge in [0.15, 0.2) is 15.8 Å². The molecule has 0 amide bonds. The minimum atomic E-state index is -3.36. The van der Waals surface area contributed by atoms with Crippen LogP contribution < -0.4 is 10.6 Å². The molecule has 6 nitrogen and oxygen atoms in total. The summed E-state index contributed by atoms with van der Waals surface area (Å²) in [6.07, 6.45) is 0. The van der Waals surface area contributed by atoms with Gasteiger partial charge in [0, 0.05) is 18.0 Å². The number of benzene rings is 1. The van der Waals surface area contributed by atoms with E-state index in [0.29, 0.717) is 23.9 Å². The number of hydrogen-bond acceptors (Lipinski definition) is 5. The molecule has 168 valence electrons. The molecule has 0 bridgehead atoms. The normalized spacial score (nSPS) is 12.4. The quantitative estimate of drug-likeness (QED) is 0.299. The molecule has 0 aliphatic carbocycles. The monoisotopic (exact) mass is 564 g/mol. The van der Waals surface area contributed by atoms with E-state index in [4.69, 9.17) is 0 Å². The van der Waals surface area contributed by atoms with Crippen LogP contribution in [0.4, 0.5) is 0 Å². The van der Waals surface area contributed by atoms with Crippen molar-refractivity contribution in [1.29, 1.82) is 0 Å². The van der Waals surface area contributed by atoms with E-state index in [1.54, 1.807) is 23.5 Å². The van der Waals surface area contributed by atoms with Gasteiger partial charge < -0.3 is 10.6 Å². The van der Waals surface area contributed by atoms with Crippen molar-refractivity contribution in [3.63, 3.8) is 0 Å². The number of nitrogens with one attached hydrogen (secondary N) is 2. The van der Waals surface area contributed by atoms with Crippen molar-refractivity contribution >= 4 is 51.1 Å². The fourth-order valence-corrected chi connectivity index (χ4v) is 4.69. The first kappa shape index (κ1) is 26.8. The molecule has 2 rings (SSSR count). The highest BCUT2D eigenvalue weighted by Gasteiger charge is 2.17. The van der Waals surface area contributed by atoms with Gasteiger partial charge >= 0.3 is 0 Å². The average molecular weight is 565 g/mol. The standard InChI is InChI=1S/C21H32N4O2S2.HI/c1-7-22-20(24-14-19-25-15(2)16(3)28-19)23-12-13-29(26,27)18-10-8-17(9-11-18)21(4,5)6;/h8-11H,7,12-14H2,1-6H3,(H2,22,23,24);1H. The van der Waals surface area contributed by atoms with Crippen LogP contribution in [-0.4, -0.2) is 38.2 Å². The molecule has 0 unspecified atom stereocenters. The summed E-state index contributed by atoms with van der Waals surface area (Å²) in [4.78, 5) is 10.5. The van der Waals surface area contributed by atoms with Crippen LogP contribution in [0, 0.1) is 13.8 Å². The van der Waals surface area contributed by atoms with Gasteiger partial charge in [-0.2, -0.15) is 0 Å². The second kappa shape index (κ2) is 11.4. The van der Waals surface area contributed by atoms with E-state index in [1.165, 1.54) is 4.88 Å². The van der Waals surface area contributed by atoms with Crippen LogP contribution in [0.5, 0.6) is 0 Å². The maximum atomic E-state index is 12.6. The smallest absolute Gasteiger partial charge is 0.191 e. The number of sulfone groups is 1.